The Morgan fingerprint density at radius 3 is 1.90 bits per heavy atom. The first-order valence-corrected chi connectivity index (χ1v) is 18.5. The molecule has 1 heterocycles. The summed E-state index contributed by atoms with van der Waals surface area (Å²) in [4.78, 5) is 0. The van der Waals surface area contributed by atoms with Gasteiger partial charge in [0.1, 0.15) is 0 Å². The fraction of sp³-hybridized carbons (Fsp3) is 1.00. The van der Waals surface area contributed by atoms with Gasteiger partial charge in [-0.25, -0.2) is 0 Å². The minimum absolute atomic E-state index is 0.117. The molecule has 1 fully saturated rings. The monoisotopic (exact) mass is 535 g/mol. The van der Waals surface area contributed by atoms with Crippen molar-refractivity contribution in [3.05, 3.63) is 0 Å². The van der Waals surface area contributed by atoms with Crippen molar-refractivity contribution in [2.45, 2.75) is 150 Å². The van der Waals surface area contributed by atoms with Gasteiger partial charge in [0.2, 0.25) is 0 Å². The van der Waals surface area contributed by atoms with Crippen LogP contribution in [0.2, 0.25) is 13.3 Å². The molecule has 0 aliphatic carbocycles. The van der Waals surface area contributed by atoms with Crippen molar-refractivity contribution in [3.8, 4) is 0 Å². The molecule has 1 aliphatic rings. The average Bonchev–Trinajstić information content (AvgIpc) is 2.58. The van der Waals surface area contributed by atoms with Crippen LogP contribution >= 0.6 is 0 Å². The molecule has 0 amide bonds. The summed E-state index contributed by atoms with van der Waals surface area (Å²) in [6.07, 6.45) is 9.96. The van der Waals surface area contributed by atoms with Crippen molar-refractivity contribution >= 4 is 27.1 Å². The fourth-order valence-electron chi connectivity index (χ4n) is 3.99. The van der Waals surface area contributed by atoms with Gasteiger partial charge >= 0.3 is 99.7 Å². The summed E-state index contributed by atoms with van der Waals surface area (Å²) in [6, 6.07) is 0. The Labute approximate surface area is 196 Å². The van der Waals surface area contributed by atoms with Gasteiger partial charge < -0.3 is 19.1 Å². The third kappa shape index (κ3) is 16.4. The van der Waals surface area contributed by atoms with Gasteiger partial charge in [0.25, 0.3) is 0 Å². The molecular weight excluding hydrogens is 482 g/mol. The number of hydrogen-bond donors (Lipinski definition) is 1. The molecule has 2 unspecified atom stereocenters. The van der Waals surface area contributed by atoms with Crippen molar-refractivity contribution in [1.82, 2.24) is 0 Å². The molecule has 0 bridgehead atoms. The van der Waals surface area contributed by atoms with Crippen LogP contribution in [0.1, 0.15) is 114 Å². The number of hydrogen-bond acceptors (Lipinski definition) is 4. The van der Waals surface area contributed by atoms with Crippen LogP contribution in [-0.4, -0.2) is 55.6 Å². The maximum absolute atomic E-state index is 9.41. The molecule has 0 aromatic carbocycles. The van der Waals surface area contributed by atoms with Crippen molar-refractivity contribution in [3.63, 3.8) is 0 Å². The molecule has 1 aliphatic heterocycles. The maximum atomic E-state index is 9.41. The van der Waals surface area contributed by atoms with Gasteiger partial charge in [0.15, 0.2) is 0 Å². The first kappa shape index (κ1) is 30.7. The third-order valence-corrected chi connectivity index (χ3v) is 14.5. The third-order valence-electron chi connectivity index (χ3n) is 5.39. The zero-order valence-corrected chi connectivity index (χ0v) is 24.5. The zero-order chi connectivity index (χ0) is 23.2. The van der Waals surface area contributed by atoms with Gasteiger partial charge in [0, 0.05) is 12.5 Å². The number of unbranched alkanes of at least 4 members (excludes halogenated alkanes) is 3. The second kappa shape index (κ2) is 16.3. The van der Waals surface area contributed by atoms with E-state index in [2.05, 4.69) is 20.8 Å². The zero-order valence-electron chi connectivity index (χ0n) is 21.7. The van der Waals surface area contributed by atoms with E-state index in [4.69, 9.17) is 14.0 Å². The second-order valence-corrected chi connectivity index (χ2v) is 18.9. The van der Waals surface area contributed by atoms with Crippen molar-refractivity contribution < 1.29 is 19.1 Å². The SMILES string of the molecule is CC(O)CC(C)(C)OB1OC(C)CC(C)(C)O1.CCC[CH2][Sn]([CH2]CCC)[CH2]CCC. The van der Waals surface area contributed by atoms with Crippen LogP contribution in [-0.2, 0) is 14.0 Å². The van der Waals surface area contributed by atoms with Crippen LogP contribution in [0.4, 0.5) is 0 Å². The van der Waals surface area contributed by atoms with Gasteiger partial charge in [-0.3, -0.25) is 0 Å². The Balaban J connectivity index is 0.000000584. The van der Waals surface area contributed by atoms with Crippen molar-refractivity contribution in [2.75, 3.05) is 0 Å². The molecular formula is C24H52BO4Sn. The van der Waals surface area contributed by atoms with Gasteiger partial charge in [-0.1, -0.05) is 0 Å². The van der Waals surface area contributed by atoms with Gasteiger partial charge in [-0.05, 0) is 48.0 Å². The molecule has 6 heteroatoms. The Morgan fingerprint density at radius 2 is 1.53 bits per heavy atom. The van der Waals surface area contributed by atoms with Gasteiger partial charge in [-0.15, -0.1) is 0 Å². The van der Waals surface area contributed by atoms with Crippen molar-refractivity contribution in [2.24, 2.45) is 0 Å². The second-order valence-electron chi connectivity index (χ2n) is 10.3. The molecule has 1 saturated heterocycles. The summed E-state index contributed by atoms with van der Waals surface area (Å²) in [5.41, 5.74) is -0.699. The van der Waals surface area contributed by atoms with Crippen LogP contribution < -0.4 is 0 Å². The Bertz CT molecular complexity index is 399. The molecule has 1 rings (SSSR count). The summed E-state index contributed by atoms with van der Waals surface area (Å²) >= 11 is -0.839. The summed E-state index contributed by atoms with van der Waals surface area (Å²) in [5.74, 6) is 0. The van der Waals surface area contributed by atoms with E-state index in [0.29, 0.717) is 6.42 Å². The standard InChI is InChI=1S/C12H25BO4.3C4H9.Sn/c1-9(14)7-11(3,4)16-13-15-10(2)8-12(5,6)17-13;3*1-3-4-2;/h9-10,14H,7-8H2,1-6H3;3*1,3-4H2,2H3;. The Morgan fingerprint density at radius 1 is 1.07 bits per heavy atom. The molecule has 4 nitrogen and oxygen atoms in total. The number of rotatable bonds is 13. The van der Waals surface area contributed by atoms with E-state index < -0.39 is 38.8 Å². The van der Waals surface area contributed by atoms with Crippen LogP contribution in [0.5, 0.6) is 0 Å². The number of aliphatic hydroxyl groups excluding tert-OH is 1. The van der Waals surface area contributed by atoms with E-state index in [9.17, 15) is 5.11 Å². The van der Waals surface area contributed by atoms with Crippen LogP contribution in [0.25, 0.3) is 0 Å². The molecule has 0 spiro atoms. The van der Waals surface area contributed by atoms with E-state index in [0.717, 1.165) is 6.42 Å². The first-order chi connectivity index (χ1) is 13.9. The topological polar surface area (TPSA) is 47.9 Å². The summed E-state index contributed by atoms with van der Waals surface area (Å²) in [7, 11) is -0.650. The van der Waals surface area contributed by atoms with E-state index in [1.807, 2.05) is 34.6 Å². The van der Waals surface area contributed by atoms with Gasteiger partial charge in [0.05, 0.1) is 17.3 Å². The molecule has 179 valence electrons. The molecule has 1 radical (unpaired) electrons. The van der Waals surface area contributed by atoms with E-state index >= 15 is 0 Å². The summed E-state index contributed by atoms with van der Waals surface area (Å²) in [6.45, 7) is 18.7. The Hall–Kier alpha value is 0.704. The molecule has 30 heavy (non-hydrogen) atoms. The van der Waals surface area contributed by atoms with E-state index in [-0.39, 0.29) is 11.7 Å². The van der Waals surface area contributed by atoms with Crippen molar-refractivity contribution in [1.29, 1.82) is 0 Å². The van der Waals surface area contributed by atoms with Crippen LogP contribution in [0.15, 0.2) is 0 Å². The molecule has 0 aromatic heterocycles. The molecule has 0 saturated carbocycles. The fourth-order valence-corrected chi connectivity index (χ4v) is 13.4. The molecule has 1 N–H and O–H groups in total. The number of aliphatic hydroxyl groups is 1. The summed E-state index contributed by atoms with van der Waals surface area (Å²) < 4.78 is 22.2. The predicted octanol–water partition coefficient (Wildman–Crippen LogP) is 7.02. The quantitative estimate of drug-likeness (QED) is 0.258. The van der Waals surface area contributed by atoms with Crippen LogP contribution in [0.3, 0.4) is 0 Å². The average molecular weight is 534 g/mol. The van der Waals surface area contributed by atoms with E-state index in [1.54, 1.807) is 20.2 Å². The molecule has 2 atom stereocenters. The normalized spacial score (nSPS) is 20.1. The molecule has 0 aromatic rings. The first-order valence-electron chi connectivity index (χ1n) is 12.5. The minimum atomic E-state index is -0.839. The van der Waals surface area contributed by atoms with Gasteiger partial charge in [-0.2, -0.15) is 0 Å². The summed E-state index contributed by atoms with van der Waals surface area (Å²) in [5, 5.41) is 9.41. The van der Waals surface area contributed by atoms with Crippen LogP contribution in [0, 0.1) is 0 Å². The predicted molar refractivity (Wildman–Crippen MR) is 132 cm³/mol. The Kier molecular flexibility index (Phi) is 16.7. The van der Waals surface area contributed by atoms with E-state index in [1.165, 1.54) is 38.5 Å².